The van der Waals surface area contributed by atoms with Crippen LogP contribution in [0.2, 0.25) is 0 Å². The molecule has 0 radical (unpaired) electrons. The van der Waals surface area contributed by atoms with E-state index in [1.165, 1.54) is 0 Å². The maximum absolute atomic E-state index is 12.5. The Hall–Kier alpha value is -2.56. The van der Waals surface area contributed by atoms with Gasteiger partial charge in [-0.15, -0.1) is 0 Å². The predicted molar refractivity (Wildman–Crippen MR) is 94.5 cm³/mol. The first-order valence-electron chi connectivity index (χ1n) is 8.02. The minimum Gasteiger partial charge on any atom is -0.344 e. The van der Waals surface area contributed by atoms with Gasteiger partial charge in [0.1, 0.15) is 0 Å². The van der Waals surface area contributed by atoms with E-state index in [4.69, 9.17) is 0 Å². The maximum Gasteiger partial charge on any atom is 0.329 e. The number of aryl methyl sites for hydroxylation is 2. The zero-order valence-electron chi connectivity index (χ0n) is 14.1. The molecule has 1 aromatic carbocycles. The van der Waals surface area contributed by atoms with Gasteiger partial charge in [0.05, 0.1) is 28.7 Å². The van der Waals surface area contributed by atoms with Crippen LogP contribution in [0.3, 0.4) is 0 Å². The number of hydrogen-bond donors (Lipinski definition) is 1. The molecule has 2 aromatic heterocycles. The third-order valence-corrected chi connectivity index (χ3v) is 4.39. The van der Waals surface area contributed by atoms with Gasteiger partial charge in [0.25, 0.3) is 0 Å². The monoisotopic (exact) mass is 310 g/mol. The van der Waals surface area contributed by atoms with Crippen molar-refractivity contribution in [1.82, 2.24) is 19.1 Å². The number of allylic oxidation sites excluding steroid dienone is 2. The van der Waals surface area contributed by atoms with Crippen LogP contribution in [0.4, 0.5) is 0 Å². The third-order valence-electron chi connectivity index (χ3n) is 4.39. The Morgan fingerprint density at radius 2 is 1.91 bits per heavy atom. The smallest absolute Gasteiger partial charge is 0.329 e. The average molecular weight is 310 g/mol. The summed E-state index contributed by atoms with van der Waals surface area (Å²) in [5, 5.41) is 0. The van der Waals surface area contributed by atoms with E-state index < -0.39 is 0 Å². The summed E-state index contributed by atoms with van der Waals surface area (Å²) in [6.07, 6.45) is 3.77. The Balaban J connectivity index is 2.26. The van der Waals surface area contributed by atoms with Crippen molar-refractivity contribution < 1.29 is 0 Å². The van der Waals surface area contributed by atoms with Crippen LogP contribution in [0.5, 0.6) is 0 Å². The van der Waals surface area contributed by atoms with Gasteiger partial charge in [0.2, 0.25) is 0 Å². The van der Waals surface area contributed by atoms with E-state index in [1.807, 2.05) is 42.0 Å². The molecule has 2 heterocycles. The quantitative estimate of drug-likeness (QED) is 0.799. The standard InChI is InChI=1S/C18H22N4O/c1-5-12(4)16-17(20-11-19-16)13-8-9-14-15(10-13)22(7-3)18(23)21(14)6-2/h5,8-11H,6-7H2,1-4H3,(H,19,20)/b12-5+. The van der Waals surface area contributed by atoms with E-state index in [9.17, 15) is 4.79 Å². The molecule has 0 aliphatic rings. The van der Waals surface area contributed by atoms with Crippen LogP contribution in [0, 0.1) is 0 Å². The molecular formula is C18H22N4O. The fraction of sp³-hybridized carbons (Fsp3) is 0.333. The van der Waals surface area contributed by atoms with Crippen LogP contribution in [-0.2, 0) is 13.1 Å². The molecule has 0 atom stereocenters. The third kappa shape index (κ3) is 2.32. The number of fused-ring (bicyclic) bond motifs is 1. The normalized spacial score (nSPS) is 12.3. The van der Waals surface area contributed by atoms with E-state index in [-0.39, 0.29) is 5.69 Å². The Morgan fingerprint density at radius 3 is 2.57 bits per heavy atom. The van der Waals surface area contributed by atoms with Crippen molar-refractivity contribution in [3.05, 3.63) is 46.8 Å². The van der Waals surface area contributed by atoms with Crippen LogP contribution in [0.15, 0.2) is 35.4 Å². The lowest BCUT2D eigenvalue weighted by atomic mass is 10.1. The highest BCUT2D eigenvalue weighted by molar-refractivity contribution is 5.85. The lowest BCUT2D eigenvalue weighted by Crippen LogP contribution is -2.22. The van der Waals surface area contributed by atoms with Crippen LogP contribution < -0.4 is 5.69 Å². The molecule has 5 nitrogen and oxygen atoms in total. The van der Waals surface area contributed by atoms with Gasteiger partial charge in [-0.05, 0) is 45.4 Å². The first-order valence-corrected chi connectivity index (χ1v) is 8.02. The molecule has 0 amide bonds. The number of nitrogens with zero attached hydrogens (tertiary/aromatic N) is 3. The SMILES string of the molecule is C/C=C(\C)c1[nH]cnc1-c1ccc2c(c1)n(CC)c(=O)n2CC. The highest BCUT2D eigenvalue weighted by atomic mass is 16.1. The van der Waals surface area contributed by atoms with E-state index in [0.717, 1.165) is 33.6 Å². The van der Waals surface area contributed by atoms with Crippen molar-refractivity contribution in [3.8, 4) is 11.3 Å². The van der Waals surface area contributed by atoms with Crippen LogP contribution >= 0.6 is 0 Å². The molecule has 0 saturated heterocycles. The second-order valence-corrected chi connectivity index (χ2v) is 5.57. The van der Waals surface area contributed by atoms with Gasteiger partial charge in [0.15, 0.2) is 0 Å². The molecule has 0 spiro atoms. The number of rotatable bonds is 4. The Bertz CT molecular complexity index is 940. The Kier molecular flexibility index (Phi) is 3.94. The molecule has 0 aliphatic heterocycles. The second kappa shape index (κ2) is 5.91. The topological polar surface area (TPSA) is 55.6 Å². The number of aromatic amines is 1. The minimum absolute atomic E-state index is 0.0500. The summed E-state index contributed by atoms with van der Waals surface area (Å²) in [7, 11) is 0. The van der Waals surface area contributed by atoms with E-state index in [0.29, 0.717) is 13.1 Å². The largest absolute Gasteiger partial charge is 0.344 e. The summed E-state index contributed by atoms with van der Waals surface area (Å²) in [5.74, 6) is 0. The van der Waals surface area contributed by atoms with Gasteiger partial charge in [-0.25, -0.2) is 9.78 Å². The lowest BCUT2D eigenvalue weighted by molar-refractivity contribution is 0.671. The van der Waals surface area contributed by atoms with Gasteiger partial charge in [0, 0.05) is 18.7 Å². The van der Waals surface area contributed by atoms with Crippen LogP contribution in [-0.4, -0.2) is 19.1 Å². The van der Waals surface area contributed by atoms with Crippen LogP contribution in [0.1, 0.15) is 33.4 Å². The van der Waals surface area contributed by atoms with Gasteiger partial charge in [-0.2, -0.15) is 0 Å². The van der Waals surface area contributed by atoms with E-state index in [2.05, 4.69) is 29.0 Å². The van der Waals surface area contributed by atoms with Crippen LogP contribution in [0.25, 0.3) is 27.9 Å². The number of imidazole rings is 2. The van der Waals surface area contributed by atoms with Crippen molar-refractivity contribution in [3.63, 3.8) is 0 Å². The zero-order valence-corrected chi connectivity index (χ0v) is 14.1. The molecule has 0 aliphatic carbocycles. The fourth-order valence-corrected chi connectivity index (χ4v) is 3.04. The zero-order chi connectivity index (χ0) is 16.6. The summed E-state index contributed by atoms with van der Waals surface area (Å²) in [4.78, 5) is 20.1. The van der Waals surface area contributed by atoms with Gasteiger partial charge < -0.3 is 4.98 Å². The molecule has 120 valence electrons. The summed E-state index contributed by atoms with van der Waals surface area (Å²) >= 11 is 0. The second-order valence-electron chi connectivity index (χ2n) is 5.57. The number of nitrogens with one attached hydrogen (secondary N) is 1. The van der Waals surface area contributed by atoms with Gasteiger partial charge in [-0.1, -0.05) is 12.1 Å². The molecule has 3 aromatic rings. The number of aromatic nitrogens is 4. The molecule has 0 saturated carbocycles. The average Bonchev–Trinajstić information content (AvgIpc) is 3.15. The number of H-pyrrole nitrogens is 1. The van der Waals surface area contributed by atoms with E-state index >= 15 is 0 Å². The summed E-state index contributed by atoms with van der Waals surface area (Å²) < 4.78 is 3.63. The summed E-state index contributed by atoms with van der Waals surface area (Å²) in [6.45, 7) is 9.40. The van der Waals surface area contributed by atoms with Crippen molar-refractivity contribution in [2.24, 2.45) is 0 Å². The fourth-order valence-electron chi connectivity index (χ4n) is 3.04. The Morgan fingerprint density at radius 1 is 1.22 bits per heavy atom. The maximum atomic E-state index is 12.5. The first-order chi connectivity index (χ1) is 11.1. The highest BCUT2D eigenvalue weighted by Gasteiger charge is 2.15. The molecule has 0 unspecified atom stereocenters. The van der Waals surface area contributed by atoms with Crippen molar-refractivity contribution in [1.29, 1.82) is 0 Å². The summed E-state index contributed by atoms with van der Waals surface area (Å²) in [6, 6.07) is 6.12. The number of hydrogen-bond acceptors (Lipinski definition) is 2. The van der Waals surface area contributed by atoms with Crippen molar-refractivity contribution in [2.75, 3.05) is 0 Å². The molecule has 23 heavy (non-hydrogen) atoms. The van der Waals surface area contributed by atoms with Crippen molar-refractivity contribution >= 4 is 16.6 Å². The number of benzene rings is 1. The van der Waals surface area contributed by atoms with Gasteiger partial charge >= 0.3 is 5.69 Å². The summed E-state index contributed by atoms with van der Waals surface area (Å²) in [5.41, 5.74) is 6.09. The lowest BCUT2D eigenvalue weighted by Gasteiger charge is -2.05. The molecular weight excluding hydrogens is 288 g/mol. The Labute approximate surface area is 135 Å². The molecule has 0 fully saturated rings. The van der Waals surface area contributed by atoms with Crippen molar-refractivity contribution in [2.45, 2.75) is 40.8 Å². The molecule has 5 heteroatoms. The van der Waals surface area contributed by atoms with Gasteiger partial charge in [-0.3, -0.25) is 9.13 Å². The first kappa shape index (κ1) is 15.3. The minimum atomic E-state index is 0.0500. The molecule has 3 rings (SSSR count). The predicted octanol–water partition coefficient (Wildman–Crippen LogP) is 3.66. The molecule has 1 N–H and O–H groups in total. The highest BCUT2D eigenvalue weighted by Crippen LogP contribution is 2.28. The van der Waals surface area contributed by atoms with E-state index in [1.54, 1.807) is 6.33 Å². The molecule has 0 bridgehead atoms.